The number of rotatable bonds is 2. The fraction of sp³-hybridized carbons (Fsp3) is 0.0769. The number of carbonyl (C=O) groups excluding carboxylic acids is 1. The highest BCUT2D eigenvalue weighted by atomic mass is 35.5. The number of hydrogen-bond donors (Lipinski definition) is 2. The van der Waals surface area contributed by atoms with Crippen LogP contribution in [0.5, 0.6) is 0 Å². The number of nitrogens with zero attached hydrogens (tertiary/aromatic N) is 1. The summed E-state index contributed by atoms with van der Waals surface area (Å²) < 4.78 is 4.83. The second kappa shape index (κ2) is 6.05. The molecule has 0 saturated carbocycles. The van der Waals surface area contributed by atoms with Crippen molar-refractivity contribution >= 4 is 23.3 Å². The SMILES string of the molecule is O=C(Nc1cccc(C#CCO)n1)c1ccoc1Cl. The second-order valence-electron chi connectivity index (χ2n) is 3.43. The van der Waals surface area contributed by atoms with Crippen molar-refractivity contribution in [3.8, 4) is 11.8 Å². The number of anilines is 1. The Morgan fingerprint density at radius 2 is 2.32 bits per heavy atom. The Hall–Kier alpha value is -2.29. The topological polar surface area (TPSA) is 75.4 Å². The quantitative estimate of drug-likeness (QED) is 0.822. The van der Waals surface area contributed by atoms with Crippen molar-refractivity contribution in [2.75, 3.05) is 11.9 Å². The summed E-state index contributed by atoms with van der Waals surface area (Å²) in [7, 11) is 0. The van der Waals surface area contributed by atoms with Gasteiger partial charge in [0.25, 0.3) is 5.91 Å². The highest BCUT2D eigenvalue weighted by molar-refractivity contribution is 6.32. The monoisotopic (exact) mass is 276 g/mol. The maximum absolute atomic E-state index is 11.8. The van der Waals surface area contributed by atoms with Gasteiger partial charge < -0.3 is 14.8 Å². The fourth-order valence-electron chi connectivity index (χ4n) is 1.34. The van der Waals surface area contributed by atoms with Gasteiger partial charge in [0.2, 0.25) is 5.22 Å². The van der Waals surface area contributed by atoms with E-state index in [0.29, 0.717) is 11.5 Å². The summed E-state index contributed by atoms with van der Waals surface area (Å²) >= 11 is 5.70. The zero-order valence-electron chi connectivity index (χ0n) is 9.68. The van der Waals surface area contributed by atoms with Crippen LogP contribution in [0.1, 0.15) is 16.1 Å². The normalized spacial score (nSPS) is 9.58. The minimum atomic E-state index is -0.418. The average molecular weight is 277 g/mol. The van der Waals surface area contributed by atoms with Crippen molar-refractivity contribution in [1.29, 1.82) is 0 Å². The summed E-state index contributed by atoms with van der Waals surface area (Å²) in [6.07, 6.45) is 1.33. The molecular formula is C13H9ClN2O3. The molecule has 1 amide bonds. The Morgan fingerprint density at radius 3 is 3.00 bits per heavy atom. The zero-order valence-corrected chi connectivity index (χ0v) is 10.4. The molecule has 0 saturated heterocycles. The zero-order chi connectivity index (χ0) is 13.7. The first-order valence-electron chi connectivity index (χ1n) is 5.32. The van der Waals surface area contributed by atoms with Gasteiger partial charge in [-0.3, -0.25) is 4.79 Å². The van der Waals surface area contributed by atoms with Crippen LogP contribution in [0.25, 0.3) is 0 Å². The van der Waals surface area contributed by atoms with Gasteiger partial charge in [-0.2, -0.15) is 0 Å². The standard InChI is InChI=1S/C13H9ClN2O3/c14-12-10(6-8-19-12)13(18)16-11-5-1-3-9(15-11)4-2-7-17/h1,3,5-6,8,17H,7H2,(H,15,16,18). The van der Waals surface area contributed by atoms with E-state index in [4.69, 9.17) is 21.1 Å². The number of carbonyl (C=O) groups is 1. The van der Waals surface area contributed by atoms with E-state index in [1.165, 1.54) is 12.3 Å². The number of pyridine rings is 1. The molecule has 0 aliphatic rings. The van der Waals surface area contributed by atoms with Gasteiger partial charge >= 0.3 is 0 Å². The van der Waals surface area contributed by atoms with E-state index < -0.39 is 5.91 Å². The van der Waals surface area contributed by atoms with Gasteiger partial charge in [-0.1, -0.05) is 12.0 Å². The third kappa shape index (κ3) is 3.35. The predicted molar refractivity (Wildman–Crippen MR) is 69.9 cm³/mol. The Morgan fingerprint density at radius 1 is 1.47 bits per heavy atom. The van der Waals surface area contributed by atoms with Gasteiger partial charge in [0.1, 0.15) is 18.1 Å². The van der Waals surface area contributed by atoms with E-state index in [1.807, 2.05) is 0 Å². The minimum absolute atomic E-state index is 0.0220. The van der Waals surface area contributed by atoms with Crippen LogP contribution in [0, 0.1) is 11.8 Å². The van der Waals surface area contributed by atoms with E-state index >= 15 is 0 Å². The van der Waals surface area contributed by atoms with Crippen LogP contribution in [-0.2, 0) is 0 Å². The number of aromatic nitrogens is 1. The molecule has 2 N–H and O–H groups in total. The van der Waals surface area contributed by atoms with Crippen LogP contribution >= 0.6 is 11.6 Å². The van der Waals surface area contributed by atoms with E-state index in [1.54, 1.807) is 18.2 Å². The summed E-state index contributed by atoms with van der Waals surface area (Å²) in [4.78, 5) is 15.9. The van der Waals surface area contributed by atoms with Crippen LogP contribution in [0.3, 0.4) is 0 Å². The number of aliphatic hydroxyl groups is 1. The number of furan rings is 1. The highest BCUT2D eigenvalue weighted by Gasteiger charge is 2.13. The predicted octanol–water partition coefficient (Wildman–Crippen LogP) is 1.92. The Kier molecular flexibility index (Phi) is 4.18. The van der Waals surface area contributed by atoms with E-state index in [9.17, 15) is 4.79 Å². The summed E-state index contributed by atoms with van der Waals surface area (Å²) in [5.41, 5.74) is 0.681. The molecule has 0 radical (unpaired) electrons. The lowest BCUT2D eigenvalue weighted by molar-refractivity contribution is 0.102. The van der Waals surface area contributed by atoms with Gasteiger partial charge in [-0.15, -0.1) is 0 Å². The smallest absolute Gasteiger partial charge is 0.261 e. The molecule has 0 atom stereocenters. The minimum Gasteiger partial charge on any atom is -0.452 e. The highest BCUT2D eigenvalue weighted by Crippen LogP contribution is 2.17. The van der Waals surface area contributed by atoms with E-state index in [-0.39, 0.29) is 17.4 Å². The third-order valence-electron chi connectivity index (χ3n) is 2.15. The summed E-state index contributed by atoms with van der Waals surface area (Å²) in [5, 5.41) is 11.2. The molecule has 0 spiro atoms. The molecule has 6 heteroatoms. The molecule has 0 aliphatic carbocycles. The summed E-state index contributed by atoms with van der Waals surface area (Å²) in [6.45, 7) is -0.247. The molecule has 0 unspecified atom stereocenters. The Bertz CT molecular complexity index is 655. The maximum Gasteiger partial charge on any atom is 0.261 e. The van der Waals surface area contributed by atoms with Gasteiger partial charge in [-0.05, 0) is 35.7 Å². The first kappa shape index (κ1) is 13.1. The summed E-state index contributed by atoms with van der Waals surface area (Å²) in [6, 6.07) is 6.45. The van der Waals surface area contributed by atoms with Gasteiger partial charge in [0.05, 0.1) is 11.8 Å². The molecule has 0 fully saturated rings. The number of halogens is 1. The summed E-state index contributed by atoms with van der Waals surface area (Å²) in [5.74, 6) is 5.04. The number of amides is 1. The van der Waals surface area contributed by atoms with Crippen molar-refractivity contribution in [1.82, 2.24) is 4.98 Å². The number of nitrogens with one attached hydrogen (secondary N) is 1. The first-order chi connectivity index (χ1) is 9.20. The Labute approximate surface area is 114 Å². The third-order valence-corrected chi connectivity index (χ3v) is 2.44. The average Bonchev–Trinajstić information content (AvgIpc) is 2.83. The maximum atomic E-state index is 11.8. The number of hydrogen-bond acceptors (Lipinski definition) is 4. The van der Waals surface area contributed by atoms with Crippen LogP contribution in [0.2, 0.25) is 5.22 Å². The van der Waals surface area contributed by atoms with Crippen molar-refractivity contribution < 1.29 is 14.3 Å². The van der Waals surface area contributed by atoms with Crippen LogP contribution in [-0.4, -0.2) is 22.6 Å². The van der Waals surface area contributed by atoms with Crippen molar-refractivity contribution in [3.63, 3.8) is 0 Å². The van der Waals surface area contributed by atoms with E-state index in [0.717, 1.165) is 0 Å². The molecule has 2 aromatic heterocycles. The molecule has 2 rings (SSSR count). The van der Waals surface area contributed by atoms with Crippen LogP contribution in [0.4, 0.5) is 5.82 Å². The molecule has 96 valence electrons. The largest absolute Gasteiger partial charge is 0.452 e. The molecule has 2 aromatic rings. The van der Waals surface area contributed by atoms with Crippen molar-refractivity contribution in [3.05, 3.63) is 47.0 Å². The number of aliphatic hydroxyl groups excluding tert-OH is 1. The molecule has 0 aliphatic heterocycles. The van der Waals surface area contributed by atoms with Crippen LogP contribution < -0.4 is 5.32 Å². The fourth-order valence-corrected chi connectivity index (χ4v) is 1.54. The molecule has 0 bridgehead atoms. The molecule has 5 nitrogen and oxygen atoms in total. The Balaban J connectivity index is 2.15. The lowest BCUT2D eigenvalue weighted by Gasteiger charge is -2.03. The first-order valence-corrected chi connectivity index (χ1v) is 5.69. The molecular weight excluding hydrogens is 268 g/mol. The lowest BCUT2D eigenvalue weighted by atomic mass is 10.3. The van der Waals surface area contributed by atoms with Gasteiger partial charge in [-0.25, -0.2) is 4.98 Å². The molecule has 2 heterocycles. The van der Waals surface area contributed by atoms with Gasteiger partial charge in [0, 0.05) is 0 Å². The van der Waals surface area contributed by atoms with Crippen LogP contribution in [0.15, 0.2) is 34.9 Å². The van der Waals surface area contributed by atoms with Crippen molar-refractivity contribution in [2.24, 2.45) is 0 Å². The van der Waals surface area contributed by atoms with Crippen molar-refractivity contribution in [2.45, 2.75) is 0 Å². The van der Waals surface area contributed by atoms with Gasteiger partial charge in [0.15, 0.2) is 0 Å². The van der Waals surface area contributed by atoms with E-state index in [2.05, 4.69) is 22.1 Å². The lowest BCUT2D eigenvalue weighted by Crippen LogP contribution is -2.12. The second-order valence-corrected chi connectivity index (χ2v) is 3.77. The molecule has 0 aromatic carbocycles. The molecule has 19 heavy (non-hydrogen) atoms.